The van der Waals surface area contributed by atoms with Crippen molar-refractivity contribution in [1.29, 1.82) is 0 Å². The van der Waals surface area contributed by atoms with Gasteiger partial charge in [0.1, 0.15) is 0 Å². The van der Waals surface area contributed by atoms with Crippen LogP contribution >= 0.6 is 0 Å². The van der Waals surface area contributed by atoms with Crippen LogP contribution in [0.2, 0.25) is 0 Å². The molecule has 0 bridgehead atoms. The average molecular weight is 243 g/mol. The van der Waals surface area contributed by atoms with Crippen molar-refractivity contribution in [1.82, 2.24) is 14.5 Å². The molecule has 1 aromatic heterocycles. The third-order valence-corrected chi connectivity index (χ3v) is 5.43. The zero-order chi connectivity index (χ0) is 12.0. The minimum Gasteiger partial charge on any atom is -0.281 e. The highest BCUT2D eigenvalue weighted by Gasteiger charge is 2.37. The number of H-pyrrole nitrogens is 1. The van der Waals surface area contributed by atoms with Crippen molar-refractivity contribution in [3.63, 3.8) is 0 Å². The van der Waals surface area contributed by atoms with Crippen LogP contribution in [0.15, 0.2) is 6.20 Å². The molecule has 0 fully saturated rings. The summed E-state index contributed by atoms with van der Waals surface area (Å²) in [6, 6.07) is 0. The van der Waals surface area contributed by atoms with Crippen LogP contribution in [-0.2, 0) is 23.0 Å². The fourth-order valence-electron chi connectivity index (χ4n) is 1.78. The van der Waals surface area contributed by atoms with Gasteiger partial charge in [-0.2, -0.15) is 9.40 Å². The van der Waals surface area contributed by atoms with Gasteiger partial charge in [0.2, 0.25) is 10.0 Å². The molecule has 1 N–H and O–H groups in total. The predicted octanol–water partition coefficient (Wildman–Crippen LogP) is 0.896. The van der Waals surface area contributed by atoms with Crippen molar-refractivity contribution >= 4 is 10.0 Å². The first-order chi connectivity index (χ1) is 7.32. The largest absolute Gasteiger partial charge is 0.281 e. The van der Waals surface area contributed by atoms with Crippen LogP contribution < -0.4 is 0 Å². The van der Waals surface area contributed by atoms with Crippen LogP contribution in [-0.4, -0.2) is 34.2 Å². The highest BCUT2D eigenvalue weighted by molar-refractivity contribution is 7.90. The van der Waals surface area contributed by atoms with Gasteiger partial charge >= 0.3 is 0 Å². The van der Waals surface area contributed by atoms with E-state index < -0.39 is 14.8 Å². The molecule has 0 aliphatic carbocycles. The normalized spacial score (nSPS) is 18.4. The van der Waals surface area contributed by atoms with Crippen LogP contribution in [0.5, 0.6) is 0 Å². The van der Waals surface area contributed by atoms with Gasteiger partial charge in [-0.25, -0.2) is 8.42 Å². The van der Waals surface area contributed by atoms with Crippen molar-refractivity contribution < 1.29 is 8.42 Å². The first-order valence-electron chi connectivity index (χ1n) is 5.33. The summed E-state index contributed by atoms with van der Waals surface area (Å²) in [6.45, 7) is 6.14. The molecule has 90 valence electrons. The Hall–Kier alpha value is -0.880. The van der Waals surface area contributed by atoms with Gasteiger partial charge in [0, 0.05) is 6.54 Å². The van der Waals surface area contributed by atoms with Gasteiger partial charge in [0.05, 0.1) is 23.2 Å². The maximum absolute atomic E-state index is 12.2. The van der Waals surface area contributed by atoms with Crippen LogP contribution in [0.3, 0.4) is 0 Å². The van der Waals surface area contributed by atoms with E-state index in [0.29, 0.717) is 13.1 Å². The van der Waals surface area contributed by atoms with Gasteiger partial charge in [-0.3, -0.25) is 5.10 Å². The molecule has 16 heavy (non-hydrogen) atoms. The minimum absolute atomic E-state index is 0.412. The van der Waals surface area contributed by atoms with Crippen molar-refractivity contribution in [3.8, 4) is 0 Å². The Morgan fingerprint density at radius 1 is 1.44 bits per heavy atom. The number of fused-ring (bicyclic) bond motifs is 1. The Kier molecular flexibility index (Phi) is 2.58. The summed E-state index contributed by atoms with van der Waals surface area (Å²) in [7, 11) is -3.23. The summed E-state index contributed by atoms with van der Waals surface area (Å²) >= 11 is 0. The molecule has 1 aliphatic heterocycles. The molecule has 0 spiro atoms. The van der Waals surface area contributed by atoms with E-state index in [1.165, 1.54) is 4.31 Å². The molecule has 0 amide bonds. The van der Waals surface area contributed by atoms with E-state index in [9.17, 15) is 8.42 Å². The molecule has 0 radical (unpaired) electrons. The summed E-state index contributed by atoms with van der Waals surface area (Å²) in [5, 5.41) is 6.79. The van der Waals surface area contributed by atoms with Gasteiger partial charge in [-0.05, 0) is 32.8 Å². The monoisotopic (exact) mass is 243 g/mol. The molecule has 2 heterocycles. The molecule has 0 aromatic carbocycles. The quantitative estimate of drug-likeness (QED) is 0.796. The number of nitrogens with zero attached hydrogens (tertiary/aromatic N) is 2. The van der Waals surface area contributed by atoms with Crippen LogP contribution in [0.4, 0.5) is 0 Å². The first-order valence-corrected chi connectivity index (χ1v) is 6.77. The lowest BCUT2D eigenvalue weighted by molar-refractivity contribution is 0.372. The maximum atomic E-state index is 12.2. The van der Waals surface area contributed by atoms with Gasteiger partial charge in [-0.15, -0.1) is 0 Å². The van der Waals surface area contributed by atoms with Crippen molar-refractivity contribution in [2.45, 2.75) is 38.5 Å². The summed E-state index contributed by atoms with van der Waals surface area (Å²) in [6.07, 6.45) is 2.51. The number of sulfonamides is 1. The molecule has 0 saturated carbocycles. The van der Waals surface area contributed by atoms with Crippen LogP contribution in [0.25, 0.3) is 0 Å². The van der Waals surface area contributed by atoms with E-state index in [2.05, 4.69) is 10.2 Å². The molecule has 1 aromatic rings. The molecule has 6 heteroatoms. The standard InChI is InChI=1S/C10H17N3O2S/c1-10(2,3)16(14,15)13-5-4-8-6-11-12-9(8)7-13/h6H,4-5,7H2,1-3H3,(H,11,12). The lowest BCUT2D eigenvalue weighted by Crippen LogP contribution is -2.45. The third-order valence-electron chi connectivity index (χ3n) is 2.89. The smallest absolute Gasteiger partial charge is 0.219 e. The van der Waals surface area contributed by atoms with E-state index in [-0.39, 0.29) is 0 Å². The highest BCUT2D eigenvalue weighted by Crippen LogP contribution is 2.25. The van der Waals surface area contributed by atoms with Crippen LogP contribution in [0, 0.1) is 0 Å². The fourth-order valence-corrected chi connectivity index (χ4v) is 3.19. The molecule has 0 saturated heterocycles. The minimum atomic E-state index is -3.23. The second-order valence-corrected chi connectivity index (χ2v) is 7.77. The van der Waals surface area contributed by atoms with Gasteiger partial charge in [-0.1, -0.05) is 0 Å². The number of hydrogen-bond donors (Lipinski definition) is 1. The molecule has 2 rings (SSSR count). The summed E-state index contributed by atoms with van der Waals surface area (Å²) in [4.78, 5) is 0. The number of rotatable bonds is 1. The van der Waals surface area contributed by atoms with Crippen molar-refractivity contribution in [3.05, 3.63) is 17.5 Å². The highest BCUT2D eigenvalue weighted by atomic mass is 32.2. The van der Waals surface area contributed by atoms with E-state index in [1.807, 2.05) is 0 Å². The van der Waals surface area contributed by atoms with Gasteiger partial charge in [0.25, 0.3) is 0 Å². The van der Waals surface area contributed by atoms with E-state index >= 15 is 0 Å². The Balaban J connectivity index is 2.28. The molecule has 0 atom stereocenters. The van der Waals surface area contributed by atoms with E-state index in [4.69, 9.17) is 0 Å². The van der Waals surface area contributed by atoms with Crippen molar-refractivity contribution in [2.24, 2.45) is 0 Å². The van der Waals surface area contributed by atoms with Crippen LogP contribution in [0.1, 0.15) is 32.0 Å². The molecule has 1 aliphatic rings. The predicted molar refractivity (Wildman–Crippen MR) is 61.4 cm³/mol. The first kappa shape index (κ1) is 11.6. The molecule has 0 unspecified atom stereocenters. The second kappa shape index (κ2) is 3.56. The number of hydrogen-bond acceptors (Lipinski definition) is 3. The average Bonchev–Trinajstić information content (AvgIpc) is 2.61. The zero-order valence-corrected chi connectivity index (χ0v) is 10.6. The molecular weight excluding hydrogens is 226 g/mol. The Morgan fingerprint density at radius 2 is 2.12 bits per heavy atom. The lowest BCUT2D eigenvalue weighted by atomic mass is 10.1. The van der Waals surface area contributed by atoms with Crippen molar-refractivity contribution in [2.75, 3.05) is 6.54 Å². The topological polar surface area (TPSA) is 66.1 Å². The lowest BCUT2D eigenvalue weighted by Gasteiger charge is -2.32. The Bertz CT molecular complexity index is 484. The maximum Gasteiger partial charge on any atom is 0.219 e. The number of aromatic nitrogens is 2. The molecule has 5 nitrogen and oxygen atoms in total. The Labute approximate surface area is 95.9 Å². The van der Waals surface area contributed by atoms with E-state index in [0.717, 1.165) is 17.7 Å². The summed E-state index contributed by atoms with van der Waals surface area (Å²) in [5.74, 6) is 0. The number of aromatic amines is 1. The summed E-state index contributed by atoms with van der Waals surface area (Å²) in [5.41, 5.74) is 2.04. The Morgan fingerprint density at radius 3 is 2.75 bits per heavy atom. The SMILES string of the molecule is CC(C)(C)S(=O)(=O)N1CCc2cn[nH]c2C1. The van der Waals surface area contributed by atoms with Gasteiger partial charge < -0.3 is 0 Å². The third kappa shape index (κ3) is 1.76. The summed E-state index contributed by atoms with van der Waals surface area (Å²) < 4.78 is 25.3. The van der Waals surface area contributed by atoms with E-state index in [1.54, 1.807) is 27.0 Å². The fraction of sp³-hybridized carbons (Fsp3) is 0.700. The second-order valence-electron chi connectivity index (χ2n) is 5.07. The number of nitrogens with one attached hydrogen (secondary N) is 1. The molecular formula is C10H17N3O2S. The zero-order valence-electron chi connectivity index (χ0n) is 9.82. The van der Waals surface area contributed by atoms with Gasteiger partial charge in [0.15, 0.2) is 0 Å².